The summed E-state index contributed by atoms with van der Waals surface area (Å²) in [5.41, 5.74) is 0.813. The zero-order valence-electron chi connectivity index (χ0n) is 10.6. The predicted molar refractivity (Wildman–Crippen MR) is 74.2 cm³/mol. The lowest BCUT2D eigenvalue weighted by Crippen LogP contribution is -2.16. The van der Waals surface area contributed by atoms with Gasteiger partial charge >= 0.3 is 0 Å². The van der Waals surface area contributed by atoms with Crippen molar-refractivity contribution in [3.8, 4) is 0 Å². The van der Waals surface area contributed by atoms with Gasteiger partial charge in [0.1, 0.15) is 6.33 Å². The molecule has 1 N–H and O–H groups in total. The molecule has 1 aliphatic rings. The van der Waals surface area contributed by atoms with Crippen molar-refractivity contribution in [3.63, 3.8) is 0 Å². The normalized spacial score (nSPS) is 16.4. The Morgan fingerprint density at radius 2 is 1.89 bits per heavy atom. The van der Waals surface area contributed by atoms with Crippen LogP contribution < -0.4 is 5.32 Å². The lowest BCUT2D eigenvalue weighted by molar-refractivity contribution is 0.745. The Morgan fingerprint density at radius 1 is 1.11 bits per heavy atom. The van der Waals surface area contributed by atoms with Gasteiger partial charge in [-0.2, -0.15) is 4.52 Å². The van der Waals surface area contributed by atoms with Crippen molar-refractivity contribution in [2.24, 2.45) is 0 Å². The van der Waals surface area contributed by atoms with Crippen LogP contribution in [0.2, 0.25) is 0 Å². The molecule has 0 atom stereocenters. The minimum atomic E-state index is 0.546. The molecule has 4 rings (SSSR count). The fraction of sp³-hybridized carbons (Fsp3) is 0.357. The zero-order valence-corrected chi connectivity index (χ0v) is 10.6. The number of rotatable bonds is 2. The van der Waals surface area contributed by atoms with Crippen molar-refractivity contribution in [1.29, 1.82) is 0 Å². The maximum atomic E-state index is 4.61. The molecule has 2 heterocycles. The molecule has 5 nitrogen and oxygen atoms in total. The zero-order chi connectivity index (χ0) is 12.7. The fourth-order valence-electron chi connectivity index (χ4n) is 2.90. The minimum Gasteiger partial charge on any atom is -0.365 e. The minimum absolute atomic E-state index is 0.546. The summed E-state index contributed by atoms with van der Waals surface area (Å²) in [4.78, 5) is 0. The Kier molecular flexibility index (Phi) is 2.36. The SMILES string of the molecule is c1ccc2c(c1)c(NC1CCCC1)nn1cnnc21. The third-order valence-corrected chi connectivity index (χ3v) is 3.86. The van der Waals surface area contributed by atoms with Crippen molar-refractivity contribution < 1.29 is 0 Å². The smallest absolute Gasteiger partial charge is 0.185 e. The highest BCUT2D eigenvalue weighted by atomic mass is 15.4. The monoisotopic (exact) mass is 253 g/mol. The Morgan fingerprint density at radius 3 is 2.74 bits per heavy atom. The highest BCUT2D eigenvalue weighted by Crippen LogP contribution is 2.27. The molecule has 1 fully saturated rings. The Labute approximate surface area is 110 Å². The molecule has 5 heteroatoms. The van der Waals surface area contributed by atoms with Crippen molar-refractivity contribution in [1.82, 2.24) is 19.8 Å². The molecular weight excluding hydrogens is 238 g/mol. The summed E-state index contributed by atoms with van der Waals surface area (Å²) in [6.07, 6.45) is 6.74. The third-order valence-electron chi connectivity index (χ3n) is 3.86. The van der Waals surface area contributed by atoms with Crippen LogP contribution in [0.25, 0.3) is 16.4 Å². The number of hydrogen-bond donors (Lipinski definition) is 1. The molecule has 2 aromatic heterocycles. The summed E-state index contributed by atoms with van der Waals surface area (Å²) < 4.78 is 1.75. The maximum absolute atomic E-state index is 4.61. The number of nitrogens with zero attached hydrogens (tertiary/aromatic N) is 4. The van der Waals surface area contributed by atoms with Crippen LogP contribution in [0.5, 0.6) is 0 Å². The van der Waals surface area contributed by atoms with E-state index >= 15 is 0 Å². The van der Waals surface area contributed by atoms with E-state index in [1.54, 1.807) is 10.8 Å². The van der Waals surface area contributed by atoms with Gasteiger partial charge in [-0.3, -0.25) is 0 Å². The molecule has 0 aliphatic heterocycles. The van der Waals surface area contributed by atoms with E-state index in [9.17, 15) is 0 Å². The average Bonchev–Trinajstić information content (AvgIpc) is 3.10. The van der Waals surface area contributed by atoms with Crippen LogP contribution in [0, 0.1) is 0 Å². The highest BCUT2D eigenvalue weighted by molar-refractivity contribution is 5.99. The first-order valence-electron chi connectivity index (χ1n) is 6.77. The van der Waals surface area contributed by atoms with Crippen LogP contribution in [0.15, 0.2) is 30.6 Å². The molecule has 0 bridgehead atoms. The van der Waals surface area contributed by atoms with Crippen molar-refractivity contribution in [3.05, 3.63) is 30.6 Å². The molecule has 96 valence electrons. The highest BCUT2D eigenvalue weighted by Gasteiger charge is 2.17. The van der Waals surface area contributed by atoms with Crippen molar-refractivity contribution >= 4 is 22.2 Å². The Hall–Kier alpha value is -2.17. The van der Waals surface area contributed by atoms with Gasteiger partial charge in [0.05, 0.1) is 0 Å². The van der Waals surface area contributed by atoms with E-state index in [0.717, 1.165) is 22.2 Å². The van der Waals surface area contributed by atoms with Crippen LogP contribution in [0.4, 0.5) is 5.82 Å². The second kappa shape index (κ2) is 4.19. The van der Waals surface area contributed by atoms with Crippen LogP contribution in [0.1, 0.15) is 25.7 Å². The van der Waals surface area contributed by atoms with Gasteiger partial charge in [-0.25, -0.2) is 0 Å². The Balaban J connectivity index is 1.90. The molecule has 0 unspecified atom stereocenters. The van der Waals surface area contributed by atoms with E-state index in [1.807, 2.05) is 12.1 Å². The summed E-state index contributed by atoms with van der Waals surface area (Å²) in [5.74, 6) is 0.940. The van der Waals surface area contributed by atoms with Gasteiger partial charge in [-0.1, -0.05) is 37.1 Å². The maximum Gasteiger partial charge on any atom is 0.185 e. The van der Waals surface area contributed by atoms with Gasteiger partial charge in [0.15, 0.2) is 11.5 Å². The lowest BCUT2D eigenvalue weighted by Gasteiger charge is -2.14. The lowest BCUT2D eigenvalue weighted by atomic mass is 10.1. The van der Waals surface area contributed by atoms with Gasteiger partial charge in [0.2, 0.25) is 0 Å². The number of anilines is 1. The van der Waals surface area contributed by atoms with Crippen LogP contribution in [-0.4, -0.2) is 25.9 Å². The largest absolute Gasteiger partial charge is 0.365 e. The molecule has 1 saturated carbocycles. The van der Waals surface area contributed by atoms with E-state index in [1.165, 1.54) is 25.7 Å². The summed E-state index contributed by atoms with van der Waals surface area (Å²) in [5, 5.41) is 18.5. The van der Waals surface area contributed by atoms with E-state index in [-0.39, 0.29) is 0 Å². The van der Waals surface area contributed by atoms with Crippen molar-refractivity contribution in [2.75, 3.05) is 5.32 Å². The summed E-state index contributed by atoms with van der Waals surface area (Å²) in [6.45, 7) is 0. The number of benzene rings is 1. The first-order valence-corrected chi connectivity index (χ1v) is 6.77. The van der Waals surface area contributed by atoms with Gasteiger partial charge in [-0.15, -0.1) is 15.3 Å². The topological polar surface area (TPSA) is 55.1 Å². The number of hydrogen-bond acceptors (Lipinski definition) is 4. The van der Waals surface area contributed by atoms with Crippen LogP contribution >= 0.6 is 0 Å². The van der Waals surface area contributed by atoms with Crippen LogP contribution in [0.3, 0.4) is 0 Å². The molecular formula is C14H15N5. The summed E-state index contributed by atoms with van der Waals surface area (Å²) in [7, 11) is 0. The summed E-state index contributed by atoms with van der Waals surface area (Å²) in [6, 6.07) is 8.77. The van der Waals surface area contributed by atoms with E-state index < -0.39 is 0 Å². The van der Waals surface area contributed by atoms with Gasteiger partial charge in [-0.05, 0) is 12.8 Å². The fourth-order valence-corrected chi connectivity index (χ4v) is 2.90. The molecule has 0 saturated heterocycles. The second-order valence-electron chi connectivity index (χ2n) is 5.12. The van der Waals surface area contributed by atoms with Crippen molar-refractivity contribution in [2.45, 2.75) is 31.7 Å². The van der Waals surface area contributed by atoms with Gasteiger partial charge in [0, 0.05) is 16.8 Å². The van der Waals surface area contributed by atoms with E-state index in [2.05, 4.69) is 32.7 Å². The van der Waals surface area contributed by atoms with Gasteiger partial charge < -0.3 is 5.32 Å². The molecule has 19 heavy (non-hydrogen) atoms. The number of nitrogens with one attached hydrogen (secondary N) is 1. The number of aromatic nitrogens is 4. The van der Waals surface area contributed by atoms with E-state index in [4.69, 9.17) is 0 Å². The second-order valence-corrected chi connectivity index (χ2v) is 5.12. The molecule has 0 radical (unpaired) electrons. The molecule has 3 aromatic rings. The molecule has 1 aliphatic carbocycles. The first-order chi connectivity index (χ1) is 9.42. The molecule has 0 amide bonds. The standard InChI is InChI=1S/C14H15N5/c1-2-6-10(5-1)16-13-11-7-3-4-8-12(11)14-17-15-9-19(14)18-13/h3-4,7-10H,1-2,5-6H2,(H,16,18). The average molecular weight is 253 g/mol. The third kappa shape index (κ3) is 1.73. The number of fused-ring (bicyclic) bond motifs is 3. The Bertz CT molecular complexity index is 727. The predicted octanol–water partition coefficient (Wildman–Crippen LogP) is 2.63. The van der Waals surface area contributed by atoms with E-state index in [0.29, 0.717) is 6.04 Å². The quantitative estimate of drug-likeness (QED) is 0.762. The van der Waals surface area contributed by atoms with Crippen LogP contribution in [-0.2, 0) is 0 Å². The first kappa shape index (κ1) is 10.7. The summed E-state index contributed by atoms with van der Waals surface area (Å²) >= 11 is 0. The van der Waals surface area contributed by atoms with Gasteiger partial charge in [0.25, 0.3) is 0 Å². The molecule has 0 spiro atoms. The molecule has 1 aromatic carbocycles.